The van der Waals surface area contributed by atoms with Crippen LogP contribution in [0.4, 0.5) is 11.5 Å². The molecule has 1 aliphatic heterocycles. The van der Waals surface area contributed by atoms with Gasteiger partial charge in [0.15, 0.2) is 0 Å². The molecule has 7 nitrogen and oxygen atoms in total. The molecule has 0 bridgehead atoms. The molecule has 1 fully saturated rings. The van der Waals surface area contributed by atoms with Crippen LogP contribution in [0.15, 0.2) is 36.5 Å². The summed E-state index contributed by atoms with van der Waals surface area (Å²) in [6.07, 6.45) is 5.88. The minimum absolute atomic E-state index is 0.0328. The van der Waals surface area contributed by atoms with Gasteiger partial charge in [-0.3, -0.25) is 9.52 Å². The van der Waals surface area contributed by atoms with Crippen molar-refractivity contribution in [1.29, 1.82) is 0 Å². The summed E-state index contributed by atoms with van der Waals surface area (Å²) in [5.41, 5.74) is 1.93. The van der Waals surface area contributed by atoms with Crippen LogP contribution in [0.25, 0.3) is 0 Å². The van der Waals surface area contributed by atoms with Gasteiger partial charge in [0.05, 0.1) is 16.8 Å². The number of aromatic nitrogens is 1. The first-order chi connectivity index (χ1) is 13.3. The maximum atomic E-state index is 12.5. The third kappa shape index (κ3) is 5.59. The number of carbonyl (C=O) groups is 1. The van der Waals surface area contributed by atoms with Crippen molar-refractivity contribution < 1.29 is 13.2 Å². The van der Waals surface area contributed by atoms with Gasteiger partial charge >= 0.3 is 0 Å². The third-order valence-corrected chi connectivity index (χ3v) is 5.34. The molecule has 1 aromatic heterocycles. The zero-order chi connectivity index (χ0) is 20.1. The molecule has 1 aliphatic rings. The van der Waals surface area contributed by atoms with E-state index in [1.165, 1.54) is 0 Å². The number of halogens is 1. The molecule has 3 rings (SSSR count). The van der Waals surface area contributed by atoms with Crippen molar-refractivity contribution in [2.75, 3.05) is 29.4 Å². The average molecular weight is 423 g/mol. The molecule has 1 aromatic carbocycles. The van der Waals surface area contributed by atoms with Crippen molar-refractivity contribution in [1.82, 2.24) is 9.88 Å². The number of sulfonamides is 1. The highest BCUT2D eigenvalue weighted by Gasteiger charge is 2.19. The zero-order valence-corrected chi connectivity index (χ0v) is 17.2. The van der Waals surface area contributed by atoms with Gasteiger partial charge in [-0.2, -0.15) is 0 Å². The monoisotopic (exact) mass is 422 g/mol. The van der Waals surface area contributed by atoms with E-state index < -0.39 is 10.0 Å². The first kappa shape index (κ1) is 20.4. The second kappa shape index (κ2) is 8.79. The minimum Gasteiger partial charge on any atom is -0.365 e. The fourth-order valence-corrected chi connectivity index (χ4v) is 3.85. The second-order valence-electron chi connectivity index (χ2n) is 6.83. The molecule has 1 amide bonds. The van der Waals surface area contributed by atoms with Crippen LogP contribution in [0.1, 0.15) is 35.2 Å². The van der Waals surface area contributed by atoms with E-state index in [1.54, 1.807) is 24.4 Å². The number of carbonyl (C=O) groups excluding carboxylic acids is 1. The summed E-state index contributed by atoms with van der Waals surface area (Å²) in [6, 6.07) is 8.64. The summed E-state index contributed by atoms with van der Waals surface area (Å²) in [5.74, 6) is 0.463. The predicted octanol–water partition coefficient (Wildman–Crippen LogP) is 3.34. The molecule has 0 atom stereocenters. The predicted molar refractivity (Wildman–Crippen MR) is 111 cm³/mol. The molecule has 2 N–H and O–H groups in total. The van der Waals surface area contributed by atoms with Gasteiger partial charge < -0.3 is 10.2 Å². The number of pyridine rings is 1. The zero-order valence-electron chi connectivity index (χ0n) is 15.6. The van der Waals surface area contributed by atoms with E-state index in [0.29, 0.717) is 28.6 Å². The molecule has 0 saturated carbocycles. The molecular weight excluding hydrogens is 400 g/mol. The number of hydrogen-bond donors (Lipinski definition) is 2. The van der Waals surface area contributed by atoms with Gasteiger partial charge in [0, 0.05) is 31.5 Å². The number of hydrogen-bond acceptors (Lipinski definition) is 5. The molecule has 28 heavy (non-hydrogen) atoms. The number of rotatable bonds is 6. The Morgan fingerprint density at radius 1 is 1.18 bits per heavy atom. The normalized spacial score (nSPS) is 14.6. The van der Waals surface area contributed by atoms with Crippen LogP contribution in [-0.4, -0.2) is 43.6 Å². The van der Waals surface area contributed by atoms with E-state index in [2.05, 4.69) is 15.0 Å². The van der Waals surface area contributed by atoms with Gasteiger partial charge in [-0.25, -0.2) is 13.4 Å². The van der Waals surface area contributed by atoms with Gasteiger partial charge in [-0.1, -0.05) is 23.7 Å². The van der Waals surface area contributed by atoms with Crippen LogP contribution in [-0.2, 0) is 16.6 Å². The molecule has 2 heterocycles. The maximum Gasteiger partial charge on any atom is 0.255 e. The van der Waals surface area contributed by atoms with Gasteiger partial charge in [0.2, 0.25) is 10.0 Å². The lowest BCUT2D eigenvalue weighted by Crippen LogP contribution is -2.35. The standard InChI is InChI=1S/C19H23ClN4O3S/c1-28(26,27)23-16-7-5-14(6-8-16)12-21-18-17(20)11-15(13-22-18)19(25)24-9-3-2-4-10-24/h5-8,11,13,23H,2-4,9-10,12H2,1H3,(H,21,22). The summed E-state index contributed by atoms with van der Waals surface area (Å²) < 4.78 is 24.9. The van der Waals surface area contributed by atoms with Crippen LogP contribution >= 0.6 is 11.6 Å². The molecular formula is C19H23ClN4O3S. The number of piperidine rings is 1. The van der Waals surface area contributed by atoms with Crippen molar-refractivity contribution in [2.24, 2.45) is 0 Å². The Morgan fingerprint density at radius 3 is 2.46 bits per heavy atom. The largest absolute Gasteiger partial charge is 0.365 e. The number of anilines is 2. The quantitative estimate of drug-likeness (QED) is 0.744. The fourth-order valence-electron chi connectivity index (χ4n) is 3.06. The number of nitrogens with one attached hydrogen (secondary N) is 2. The van der Waals surface area contributed by atoms with Crippen molar-refractivity contribution in [2.45, 2.75) is 25.8 Å². The summed E-state index contributed by atoms with van der Waals surface area (Å²) >= 11 is 6.30. The Bertz CT molecular complexity index is 942. The lowest BCUT2D eigenvalue weighted by molar-refractivity contribution is 0.0724. The minimum atomic E-state index is -3.29. The molecule has 9 heteroatoms. The molecule has 0 aliphatic carbocycles. The average Bonchev–Trinajstić information content (AvgIpc) is 2.67. The van der Waals surface area contributed by atoms with Gasteiger partial charge in [0.25, 0.3) is 5.91 Å². The van der Waals surface area contributed by atoms with Crippen LogP contribution in [0.2, 0.25) is 5.02 Å². The van der Waals surface area contributed by atoms with Crippen LogP contribution in [0.5, 0.6) is 0 Å². The smallest absolute Gasteiger partial charge is 0.255 e. The molecule has 0 spiro atoms. The number of nitrogens with zero attached hydrogens (tertiary/aromatic N) is 2. The van der Waals surface area contributed by atoms with Gasteiger partial charge in [-0.15, -0.1) is 0 Å². The summed E-state index contributed by atoms with van der Waals surface area (Å²) in [5, 5.41) is 3.52. The number of amides is 1. The molecule has 150 valence electrons. The lowest BCUT2D eigenvalue weighted by Gasteiger charge is -2.26. The van der Waals surface area contributed by atoms with Crippen molar-refractivity contribution in [3.8, 4) is 0 Å². The Balaban J connectivity index is 1.61. The summed E-state index contributed by atoms with van der Waals surface area (Å²) in [7, 11) is -3.29. The van der Waals surface area contributed by atoms with Gasteiger partial charge in [0.1, 0.15) is 5.82 Å². The third-order valence-electron chi connectivity index (χ3n) is 4.45. The fraction of sp³-hybridized carbons (Fsp3) is 0.368. The number of benzene rings is 1. The van der Waals surface area contributed by atoms with Crippen molar-refractivity contribution in [3.63, 3.8) is 0 Å². The Hall–Kier alpha value is -2.32. The first-order valence-corrected chi connectivity index (χ1v) is 11.3. The highest BCUT2D eigenvalue weighted by Crippen LogP contribution is 2.23. The van der Waals surface area contributed by atoms with E-state index >= 15 is 0 Å². The Labute approximate surface area is 170 Å². The Morgan fingerprint density at radius 2 is 1.86 bits per heavy atom. The summed E-state index contributed by atoms with van der Waals surface area (Å²) in [6.45, 7) is 2.02. The lowest BCUT2D eigenvalue weighted by atomic mass is 10.1. The number of likely N-dealkylation sites (tertiary alicyclic amines) is 1. The Kier molecular flexibility index (Phi) is 6.41. The molecule has 0 unspecified atom stereocenters. The van der Waals surface area contributed by atoms with Crippen molar-refractivity contribution in [3.05, 3.63) is 52.7 Å². The van der Waals surface area contributed by atoms with E-state index in [-0.39, 0.29) is 5.91 Å². The first-order valence-electron chi connectivity index (χ1n) is 9.07. The van der Waals surface area contributed by atoms with Crippen LogP contribution in [0, 0.1) is 0 Å². The van der Waals surface area contributed by atoms with E-state index in [4.69, 9.17) is 11.6 Å². The maximum absolute atomic E-state index is 12.5. The van der Waals surface area contributed by atoms with E-state index in [1.807, 2.05) is 17.0 Å². The molecule has 2 aromatic rings. The van der Waals surface area contributed by atoms with E-state index in [0.717, 1.165) is 44.2 Å². The molecule has 0 radical (unpaired) electrons. The van der Waals surface area contributed by atoms with Crippen LogP contribution < -0.4 is 10.0 Å². The topological polar surface area (TPSA) is 91.4 Å². The molecule has 1 saturated heterocycles. The van der Waals surface area contributed by atoms with Crippen LogP contribution in [0.3, 0.4) is 0 Å². The summed E-state index contributed by atoms with van der Waals surface area (Å²) in [4.78, 5) is 18.7. The van der Waals surface area contributed by atoms with E-state index in [9.17, 15) is 13.2 Å². The SMILES string of the molecule is CS(=O)(=O)Nc1ccc(CNc2ncc(C(=O)N3CCCCC3)cc2Cl)cc1. The highest BCUT2D eigenvalue weighted by atomic mass is 35.5. The van der Waals surface area contributed by atoms with Gasteiger partial charge in [-0.05, 0) is 43.0 Å². The van der Waals surface area contributed by atoms with Crippen molar-refractivity contribution >= 4 is 39.0 Å². The highest BCUT2D eigenvalue weighted by molar-refractivity contribution is 7.92. The second-order valence-corrected chi connectivity index (χ2v) is 8.99.